The van der Waals surface area contributed by atoms with E-state index in [9.17, 15) is 4.79 Å². The van der Waals surface area contributed by atoms with Crippen LogP contribution in [0.1, 0.15) is 13.8 Å². The van der Waals surface area contributed by atoms with Gasteiger partial charge in [0.1, 0.15) is 0 Å². The van der Waals surface area contributed by atoms with Gasteiger partial charge in [-0.3, -0.25) is 10.2 Å². The van der Waals surface area contributed by atoms with Crippen molar-refractivity contribution in [3.8, 4) is 0 Å². The van der Waals surface area contributed by atoms with E-state index in [0.29, 0.717) is 5.92 Å². The van der Waals surface area contributed by atoms with Gasteiger partial charge in [-0.05, 0) is 5.92 Å². The van der Waals surface area contributed by atoms with Crippen molar-refractivity contribution in [2.45, 2.75) is 19.1 Å². The molecule has 0 aliphatic carbocycles. The number of nitrogens with one attached hydrogen (secondary N) is 2. The summed E-state index contributed by atoms with van der Waals surface area (Å²) in [4.78, 5) is 11.0. The molecule has 3 nitrogen and oxygen atoms in total. The lowest BCUT2D eigenvalue weighted by atomic mass is 10.1. The number of carbonyl (C=O) groups is 1. The van der Waals surface area contributed by atoms with Gasteiger partial charge in [-0.2, -0.15) is 0 Å². The molecule has 1 heterocycles. The molecule has 1 saturated heterocycles. The fraction of sp³-hybridized carbons (Fsp3) is 0.667. The standard InChI is InChI=1S/C6H10N2OS/c1-3(2)4-5(9)8-6(7)10-4/h3-4H,1-2H3,(H2,7,8,9). The maximum atomic E-state index is 11.0. The number of hydrogen-bond acceptors (Lipinski definition) is 3. The van der Waals surface area contributed by atoms with Crippen LogP contribution >= 0.6 is 11.8 Å². The Kier molecular flexibility index (Phi) is 1.99. The Hall–Kier alpha value is -0.510. The lowest BCUT2D eigenvalue weighted by molar-refractivity contribution is -0.119. The van der Waals surface area contributed by atoms with Crippen molar-refractivity contribution in [3.05, 3.63) is 0 Å². The Morgan fingerprint density at radius 2 is 2.30 bits per heavy atom. The normalized spacial score (nSPS) is 25.7. The Morgan fingerprint density at radius 1 is 1.70 bits per heavy atom. The van der Waals surface area contributed by atoms with Crippen LogP contribution in [0.2, 0.25) is 0 Å². The van der Waals surface area contributed by atoms with Gasteiger partial charge in [0.2, 0.25) is 5.91 Å². The van der Waals surface area contributed by atoms with Crippen LogP contribution in [-0.2, 0) is 4.79 Å². The van der Waals surface area contributed by atoms with Gasteiger partial charge >= 0.3 is 0 Å². The fourth-order valence-electron chi connectivity index (χ4n) is 0.832. The van der Waals surface area contributed by atoms with Gasteiger partial charge in [0.15, 0.2) is 5.17 Å². The van der Waals surface area contributed by atoms with Crippen LogP contribution in [0.3, 0.4) is 0 Å². The third-order valence-electron chi connectivity index (χ3n) is 1.35. The monoisotopic (exact) mass is 158 g/mol. The van der Waals surface area contributed by atoms with Gasteiger partial charge in [0.25, 0.3) is 0 Å². The van der Waals surface area contributed by atoms with E-state index in [-0.39, 0.29) is 16.3 Å². The molecule has 0 spiro atoms. The Labute approximate surface area is 64.1 Å². The summed E-state index contributed by atoms with van der Waals surface area (Å²) in [6, 6.07) is 0. The van der Waals surface area contributed by atoms with E-state index < -0.39 is 0 Å². The van der Waals surface area contributed by atoms with Gasteiger partial charge in [0, 0.05) is 0 Å². The van der Waals surface area contributed by atoms with Crippen molar-refractivity contribution < 1.29 is 4.79 Å². The van der Waals surface area contributed by atoms with E-state index in [2.05, 4.69) is 5.32 Å². The van der Waals surface area contributed by atoms with Crippen LogP contribution < -0.4 is 5.32 Å². The Balaban J connectivity index is 2.63. The fourth-order valence-corrected chi connectivity index (χ4v) is 1.68. The number of hydrogen-bond donors (Lipinski definition) is 2. The van der Waals surface area contributed by atoms with Crippen LogP contribution in [0, 0.1) is 11.3 Å². The number of amidine groups is 1. The highest BCUT2D eigenvalue weighted by Crippen LogP contribution is 2.24. The number of carbonyl (C=O) groups excluding carboxylic acids is 1. The second kappa shape index (κ2) is 2.62. The first kappa shape index (κ1) is 7.60. The zero-order valence-corrected chi connectivity index (χ0v) is 6.79. The predicted octanol–water partition coefficient (Wildman–Crippen LogP) is 0.809. The van der Waals surface area contributed by atoms with Crippen LogP contribution in [0.5, 0.6) is 0 Å². The highest BCUT2D eigenvalue weighted by Gasteiger charge is 2.31. The molecule has 1 fully saturated rings. The van der Waals surface area contributed by atoms with E-state index in [1.54, 1.807) is 0 Å². The first-order chi connectivity index (χ1) is 4.61. The van der Waals surface area contributed by atoms with Crippen molar-refractivity contribution in [3.63, 3.8) is 0 Å². The van der Waals surface area contributed by atoms with Crippen LogP contribution in [0.4, 0.5) is 0 Å². The number of amides is 1. The Bertz CT molecular complexity index is 179. The summed E-state index contributed by atoms with van der Waals surface area (Å²) in [6.45, 7) is 3.96. The molecule has 4 heteroatoms. The minimum absolute atomic E-state index is 0.0231. The second-order valence-electron chi connectivity index (χ2n) is 2.60. The highest BCUT2D eigenvalue weighted by atomic mass is 32.2. The summed E-state index contributed by atoms with van der Waals surface area (Å²) in [5.74, 6) is 0.290. The lowest BCUT2D eigenvalue weighted by Gasteiger charge is -2.07. The minimum atomic E-state index is -0.0486. The summed E-state index contributed by atoms with van der Waals surface area (Å²) in [6.07, 6.45) is 0. The molecule has 0 aromatic heterocycles. The third kappa shape index (κ3) is 1.31. The molecule has 0 radical (unpaired) electrons. The average molecular weight is 158 g/mol. The van der Waals surface area contributed by atoms with E-state index in [0.717, 1.165) is 0 Å². The molecular weight excluding hydrogens is 148 g/mol. The summed E-state index contributed by atoms with van der Waals surface area (Å²) in [5, 5.41) is 9.82. The molecule has 56 valence electrons. The average Bonchev–Trinajstić information content (AvgIpc) is 2.10. The molecule has 1 aliphatic heterocycles. The van der Waals surface area contributed by atoms with E-state index in [4.69, 9.17) is 5.41 Å². The van der Waals surface area contributed by atoms with Gasteiger partial charge in [-0.15, -0.1) is 0 Å². The molecule has 0 bridgehead atoms. The molecular formula is C6H10N2OS. The quantitative estimate of drug-likeness (QED) is 0.593. The minimum Gasteiger partial charge on any atom is -0.305 e. The molecule has 2 N–H and O–H groups in total. The summed E-state index contributed by atoms with van der Waals surface area (Å²) < 4.78 is 0. The second-order valence-corrected chi connectivity index (χ2v) is 3.75. The first-order valence-electron chi connectivity index (χ1n) is 3.17. The maximum absolute atomic E-state index is 11.0. The third-order valence-corrected chi connectivity index (χ3v) is 2.70. The molecule has 0 saturated carbocycles. The van der Waals surface area contributed by atoms with Crippen LogP contribution in [0.15, 0.2) is 0 Å². The topological polar surface area (TPSA) is 53.0 Å². The highest BCUT2D eigenvalue weighted by molar-refractivity contribution is 8.15. The number of rotatable bonds is 1. The zero-order valence-electron chi connectivity index (χ0n) is 5.97. The molecule has 0 aromatic carbocycles. The van der Waals surface area contributed by atoms with Gasteiger partial charge < -0.3 is 5.32 Å². The molecule has 1 amide bonds. The first-order valence-corrected chi connectivity index (χ1v) is 4.05. The van der Waals surface area contributed by atoms with Crippen molar-refractivity contribution in [1.82, 2.24) is 5.32 Å². The molecule has 1 aliphatic rings. The Morgan fingerprint density at radius 3 is 2.50 bits per heavy atom. The van der Waals surface area contributed by atoms with Crippen molar-refractivity contribution in [2.75, 3.05) is 0 Å². The molecule has 0 aromatic rings. The number of thioether (sulfide) groups is 1. The SMILES string of the molecule is CC(C)C1SC(=N)NC1=O. The van der Waals surface area contributed by atoms with E-state index in [1.807, 2.05) is 13.8 Å². The van der Waals surface area contributed by atoms with E-state index in [1.165, 1.54) is 11.8 Å². The van der Waals surface area contributed by atoms with Gasteiger partial charge in [0.05, 0.1) is 5.25 Å². The van der Waals surface area contributed by atoms with Crippen molar-refractivity contribution in [2.24, 2.45) is 5.92 Å². The maximum Gasteiger partial charge on any atom is 0.239 e. The molecule has 1 atom stereocenters. The molecule has 1 unspecified atom stereocenters. The zero-order chi connectivity index (χ0) is 7.72. The predicted molar refractivity (Wildman–Crippen MR) is 42.1 cm³/mol. The van der Waals surface area contributed by atoms with E-state index >= 15 is 0 Å². The summed E-state index contributed by atoms with van der Waals surface area (Å²) >= 11 is 1.30. The van der Waals surface area contributed by atoms with Crippen LogP contribution in [-0.4, -0.2) is 16.3 Å². The molecule has 1 rings (SSSR count). The van der Waals surface area contributed by atoms with Gasteiger partial charge in [-0.25, -0.2) is 0 Å². The summed E-state index contributed by atoms with van der Waals surface area (Å²) in [7, 11) is 0. The lowest BCUT2D eigenvalue weighted by Crippen LogP contribution is -2.27. The summed E-state index contributed by atoms with van der Waals surface area (Å²) in [5.41, 5.74) is 0. The largest absolute Gasteiger partial charge is 0.305 e. The van der Waals surface area contributed by atoms with Crippen LogP contribution in [0.25, 0.3) is 0 Å². The smallest absolute Gasteiger partial charge is 0.239 e. The van der Waals surface area contributed by atoms with Crippen molar-refractivity contribution >= 4 is 22.8 Å². The van der Waals surface area contributed by atoms with Crippen molar-refractivity contribution in [1.29, 1.82) is 5.41 Å². The molecule has 10 heavy (non-hydrogen) atoms. The van der Waals surface area contributed by atoms with Gasteiger partial charge in [-0.1, -0.05) is 25.6 Å².